The molecule has 0 unspecified atom stereocenters. The summed E-state index contributed by atoms with van der Waals surface area (Å²) in [6, 6.07) is 3.42. The highest BCUT2D eigenvalue weighted by molar-refractivity contribution is 7.80. The summed E-state index contributed by atoms with van der Waals surface area (Å²) < 4.78 is 5.06. The van der Waals surface area contributed by atoms with Crippen LogP contribution in [0.2, 0.25) is 0 Å². The molecule has 22 heavy (non-hydrogen) atoms. The first-order valence-corrected chi connectivity index (χ1v) is 6.83. The smallest absolute Gasteiger partial charge is 0.247 e. The third-order valence-corrected chi connectivity index (χ3v) is 3.25. The van der Waals surface area contributed by atoms with Gasteiger partial charge in [0.1, 0.15) is 5.76 Å². The molecule has 0 bridgehead atoms. The number of carbonyl (C=O) groups excluding carboxylic acids is 2. The van der Waals surface area contributed by atoms with E-state index in [1.165, 1.54) is 23.5 Å². The molecule has 1 atom stereocenters. The fourth-order valence-electron chi connectivity index (χ4n) is 1.88. The predicted molar refractivity (Wildman–Crippen MR) is 85.6 cm³/mol. The molecule has 0 saturated carbocycles. The maximum Gasteiger partial charge on any atom is 0.247 e. The zero-order valence-corrected chi connectivity index (χ0v) is 12.7. The molecular weight excluding hydrogens is 304 g/mol. The Kier molecular flexibility index (Phi) is 4.95. The van der Waals surface area contributed by atoms with E-state index in [9.17, 15) is 9.59 Å². The van der Waals surface area contributed by atoms with Gasteiger partial charge in [0.25, 0.3) is 0 Å². The fourth-order valence-corrected chi connectivity index (χ4v) is 2.15. The molecule has 1 aliphatic heterocycles. The summed E-state index contributed by atoms with van der Waals surface area (Å²) in [6.45, 7) is 5.34. The number of rotatable bonds is 5. The van der Waals surface area contributed by atoms with Crippen molar-refractivity contribution in [2.24, 2.45) is 16.1 Å². The van der Waals surface area contributed by atoms with Crippen LogP contribution in [0.25, 0.3) is 0 Å². The lowest BCUT2D eigenvalue weighted by molar-refractivity contribution is -0.137. The molecule has 0 aliphatic carbocycles. The highest BCUT2D eigenvalue weighted by Gasteiger charge is 2.39. The first-order chi connectivity index (χ1) is 10.5. The number of furan rings is 1. The number of hydrogen-bond donors (Lipinski definition) is 1. The molecule has 0 aromatic carbocycles. The van der Waals surface area contributed by atoms with Gasteiger partial charge in [0.15, 0.2) is 11.0 Å². The average molecular weight is 318 g/mol. The molecule has 0 spiro atoms. The molecule has 1 fully saturated rings. The van der Waals surface area contributed by atoms with Crippen LogP contribution in [0.1, 0.15) is 12.7 Å². The Morgan fingerprint density at radius 2 is 2.36 bits per heavy atom. The highest BCUT2D eigenvalue weighted by atomic mass is 32.1. The molecule has 1 aliphatic rings. The van der Waals surface area contributed by atoms with Crippen molar-refractivity contribution in [2.45, 2.75) is 6.92 Å². The van der Waals surface area contributed by atoms with Crippen molar-refractivity contribution in [1.82, 2.24) is 10.2 Å². The van der Waals surface area contributed by atoms with Gasteiger partial charge < -0.3 is 9.73 Å². The monoisotopic (exact) mass is 318 g/mol. The Morgan fingerprint density at radius 3 is 3.00 bits per heavy atom. The Labute approximate surface area is 132 Å². The maximum atomic E-state index is 12.3. The SMILES string of the molecule is C=CCN1C(=O)[C@@H](/C(C)=N\N=C/c2ccco2)C(=O)NC1=S. The van der Waals surface area contributed by atoms with E-state index in [1.807, 2.05) is 0 Å². The molecule has 2 heterocycles. The van der Waals surface area contributed by atoms with Gasteiger partial charge in [-0.1, -0.05) is 6.08 Å². The van der Waals surface area contributed by atoms with Crippen LogP contribution in [0.15, 0.2) is 45.7 Å². The quantitative estimate of drug-likeness (QED) is 0.290. The van der Waals surface area contributed by atoms with Gasteiger partial charge >= 0.3 is 0 Å². The number of amides is 2. The second-order valence-corrected chi connectivity index (χ2v) is 4.85. The predicted octanol–water partition coefficient (Wildman–Crippen LogP) is 1.12. The van der Waals surface area contributed by atoms with Gasteiger partial charge in [0.05, 0.1) is 18.2 Å². The molecule has 1 saturated heterocycles. The summed E-state index contributed by atoms with van der Waals surface area (Å²) >= 11 is 4.97. The minimum absolute atomic E-state index is 0.0676. The summed E-state index contributed by atoms with van der Waals surface area (Å²) in [5.74, 6) is -1.49. The zero-order valence-electron chi connectivity index (χ0n) is 11.9. The number of thiocarbonyl (C=S) groups is 1. The van der Waals surface area contributed by atoms with Crippen LogP contribution >= 0.6 is 12.2 Å². The second kappa shape index (κ2) is 6.90. The van der Waals surface area contributed by atoms with Crippen LogP contribution in [0.4, 0.5) is 0 Å². The largest absolute Gasteiger partial charge is 0.463 e. The first-order valence-electron chi connectivity index (χ1n) is 6.42. The molecule has 114 valence electrons. The van der Waals surface area contributed by atoms with Crippen molar-refractivity contribution < 1.29 is 14.0 Å². The van der Waals surface area contributed by atoms with Crippen molar-refractivity contribution in [3.63, 3.8) is 0 Å². The van der Waals surface area contributed by atoms with Crippen LogP contribution in [0, 0.1) is 5.92 Å². The first kappa shape index (κ1) is 15.8. The second-order valence-electron chi connectivity index (χ2n) is 4.47. The van der Waals surface area contributed by atoms with Gasteiger partial charge in [0, 0.05) is 6.54 Å². The molecule has 1 aromatic rings. The Hall–Kier alpha value is -2.61. The van der Waals surface area contributed by atoms with Gasteiger partial charge in [-0.25, -0.2) is 0 Å². The molecular formula is C14H14N4O3S. The molecule has 2 amide bonds. The lowest BCUT2D eigenvalue weighted by atomic mass is 10.00. The Morgan fingerprint density at radius 1 is 1.59 bits per heavy atom. The van der Waals surface area contributed by atoms with Gasteiger partial charge in [-0.15, -0.1) is 6.58 Å². The molecule has 7 nitrogen and oxygen atoms in total. The summed E-state index contributed by atoms with van der Waals surface area (Å²) in [4.78, 5) is 25.6. The summed E-state index contributed by atoms with van der Waals surface area (Å²) in [5, 5.41) is 10.3. The Bertz CT molecular complexity index is 664. The molecule has 1 aromatic heterocycles. The molecule has 1 N–H and O–H groups in total. The van der Waals surface area contributed by atoms with E-state index < -0.39 is 17.7 Å². The third kappa shape index (κ3) is 3.34. The zero-order chi connectivity index (χ0) is 16.1. The van der Waals surface area contributed by atoms with Crippen LogP contribution < -0.4 is 5.32 Å². The van der Waals surface area contributed by atoms with E-state index in [1.54, 1.807) is 19.1 Å². The number of carbonyl (C=O) groups is 2. The average Bonchev–Trinajstić information content (AvgIpc) is 2.96. The minimum Gasteiger partial charge on any atom is -0.463 e. The highest BCUT2D eigenvalue weighted by Crippen LogP contribution is 2.13. The standard InChI is InChI=1S/C14H14N4O3S/c1-3-6-18-13(20)11(12(19)16-14(18)22)9(2)17-15-8-10-5-4-7-21-10/h3-5,7-8,11H,1,6H2,2H3,(H,16,19,22)/b15-8-,17-9-/t11-/m0/s1. The maximum absolute atomic E-state index is 12.3. The van der Waals surface area contributed by atoms with E-state index in [-0.39, 0.29) is 17.4 Å². The number of nitrogens with zero attached hydrogens (tertiary/aromatic N) is 3. The van der Waals surface area contributed by atoms with Gasteiger partial charge in [-0.3, -0.25) is 14.5 Å². The van der Waals surface area contributed by atoms with Gasteiger partial charge in [-0.05, 0) is 31.3 Å². The lowest BCUT2D eigenvalue weighted by Gasteiger charge is -2.31. The fraction of sp³-hybridized carbons (Fsp3) is 0.214. The number of nitrogens with one attached hydrogen (secondary N) is 1. The summed E-state index contributed by atoms with van der Waals surface area (Å²) in [5.41, 5.74) is 0.266. The van der Waals surface area contributed by atoms with Crippen molar-refractivity contribution >= 4 is 41.1 Å². The Balaban J connectivity index is 2.17. The topological polar surface area (TPSA) is 87.3 Å². The van der Waals surface area contributed by atoms with Gasteiger partial charge in [0.2, 0.25) is 11.8 Å². The normalized spacial score (nSPS) is 19.7. The third-order valence-electron chi connectivity index (χ3n) is 2.92. The van der Waals surface area contributed by atoms with E-state index >= 15 is 0 Å². The molecule has 2 rings (SSSR count). The van der Waals surface area contributed by atoms with Crippen molar-refractivity contribution in [1.29, 1.82) is 0 Å². The van der Waals surface area contributed by atoms with E-state index in [0.717, 1.165) is 0 Å². The molecule has 0 radical (unpaired) electrons. The van der Waals surface area contributed by atoms with Crippen molar-refractivity contribution in [3.8, 4) is 0 Å². The number of hydrogen-bond acceptors (Lipinski definition) is 6. The summed E-state index contributed by atoms with van der Waals surface area (Å²) in [7, 11) is 0. The minimum atomic E-state index is -1.06. The van der Waals surface area contributed by atoms with Crippen LogP contribution in [0.5, 0.6) is 0 Å². The van der Waals surface area contributed by atoms with Gasteiger partial charge in [-0.2, -0.15) is 10.2 Å². The van der Waals surface area contributed by atoms with E-state index in [4.69, 9.17) is 16.6 Å². The van der Waals surface area contributed by atoms with Crippen molar-refractivity contribution in [3.05, 3.63) is 36.8 Å². The van der Waals surface area contributed by atoms with E-state index in [0.29, 0.717) is 5.76 Å². The lowest BCUT2D eigenvalue weighted by Crippen LogP contribution is -2.59. The van der Waals surface area contributed by atoms with Crippen LogP contribution in [-0.2, 0) is 9.59 Å². The summed E-state index contributed by atoms with van der Waals surface area (Å²) in [6.07, 6.45) is 4.42. The van der Waals surface area contributed by atoms with Crippen molar-refractivity contribution in [2.75, 3.05) is 6.54 Å². The van der Waals surface area contributed by atoms with Crippen LogP contribution in [0.3, 0.4) is 0 Å². The van der Waals surface area contributed by atoms with E-state index in [2.05, 4.69) is 22.1 Å². The molecule has 8 heteroatoms. The van der Waals surface area contributed by atoms with Crippen LogP contribution in [-0.4, -0.2) is 40.3 Å².